The van der Waals surface area contributed by atoms with E-state index in [0.717, 1.165) is 5.56 Å². The molecule has 88 valence electrons. The summed E-state index contributed by atoms with van der Waals surface area (Å²) in [6.07, 6.45) is -0.525. The van der Waals surface area contributed by atoms with Crippen LogP contribution in [0, 0.1) is 5.92 Å². The van der Waals surface area contributed by atoms with Crippen molar-refractivity contribution in [2.24, 2.45) is 5.92 Å². The van der Waals surface area contributed by atoms with Crippen molar-refractivity contribution in [1.82, 2.24) is 0 Å². The first kappa shape index (κ1) is 11.1. The second-order valence-electron chi connectivity index (χ2n) is 4.15. The zero-order chi connectivity index (χ0) is 11.7. The maximum atomic E-state index is 10.00. The maximum absolute atomic E-state index is 10.00. The van der Waals surface area contributed by atoms with E-state index in [4.69, 9.17) is 14.2 Å². The van der Waals surface area contributed by atoms with Gasteiger partial charge in [0.1, 0.15) is 0 Å². The number of fused-ring (bicyclic) bond motifs is 1. The highest BCUT2D eigenvalue weighted by atomic mass is 16.7. The van der Waals surface area contributed by atoms with Crippen LogP contribution >= 0.6 is 0 Å². The molecule has 0 amide bonds. The van der Waals surface area contributed by atoms with Gasteiger partial charge in [-0.25, -0.2) is 0 Å². The molecular formula is C12H16O4. The Labute approximate surface area is 94.8 Å². The van der Waals surface area contributed by atoms with E-state index in [9.17, 15) is 5.11 Å². The topological polar surface area (TPSA) is 47.9 Å². The Kier molecular flexibility index (Phi) is 2.92. The van der Waals surface area contributed by atoms with Crippen LogP contribution in [0.5, 0.6) is 17.2 Å². The molecule has 1 heterocycles. The molecule has 1 aliphatic rings. The lowest BCUT2D eigenvalue weighted by Crippen LogP contribution is -2.05. The second kappa shape index (κ2) is 4.22. The fourth-order valence-electron chi connectivity index (χ4n) is 1.71. The van der Waals surface area contributed by atoms with Crippen LogP contribution in [0.25, 0.3) is 0 Å². The van der Waals surface area contributed by atoms with E-state index < -0.39 is 6.10 Å². The minimum Gasteiger partial charge on any atom is -0.493 e. The van der Waals surface area contributed by atoms with Gasteiger partial charge in [0.15, 0.2) is 11.5 Å². The molecule has 4 nitrogen and oxygen atoms in total. The molecule has 1 aromatic rings. The Morgan fingerprint density at radius 1 is 1.31 bits per heavy atom. The van der Waals surface area contributed by atoms with Crippen LogP contribution in [0.1, 0.15) is 25.5 Å². The molecule has 0 spiro atoms. The molecule has 1 unspecified atom stereocenters. The number of rotatable bonds is 3. The van der Waals surface area contributed by atoms with Crippen molar-refractivity contribution in [2.45, 2.75) is 20.0 Å². The molecule has 0 saturated carbocycles. The number of ether oxygens (including phenoxy) is 3. The van der Waals surface area contributed by atoms with Gasteiger partial charge in [-0.05, 0) is 23.6 Å². The lowest BCUT2D eigenvalue weighted by atomic mass is 9.98. The van der Waals surface area contributed by atoms with Gasteiger partial charge in [-0.3, -0.25) is 0 Å². The number of aliphatic hydroxyl groups excluding tert-OH is 1. The van der Waals surface area contributed by atoms with Crippen molar-refractivity contribution in [3.05, 3.63) is 17.7 Å². The molecule has 0 bridgehead atoms. The molecule has 16 heavy (non-hydrogen) atoms. The van der Waals surface area contributed by atoms with Gasteiger partial charge in [0.2, 0.25) is 12.5 Å². The Morgan fingerprint density at radius 3 is 2.69 bits per heavy atom. The first-order chi connectivity index (χ1) is 7.63. The van der Waals surface area contributed by atoms with Crippen molar-refractivity contribution in [2.75, 3.05) is 13.9 Å². The molecule has 0 aromatic heterocycles. The smallest absolute Gasteiger partial charge is 0.231 e. The van der Waals surface area contributed by atoms with Crippen LogP contribution in [0.4, 0.5) is 0 Å². The summed E-state index contributed by atoms with van der Waals surface area (Å²) in [7, 11) is 1.57. The summed E-state index contributed by atoms with van der Waals surface area (Å²) >= 11 is 0. The summed E-state index contributed by atoms with van der Waals surface area (Å²) in [4.78, 5) is 0. The number of hydrogen-bond acceptors (Lipinski definition) is 4. The average molecular weight is 224 g/mol. The van der Waals surface area contributed by atoms with Crippen molar-refractivity contribution in [3.63, 3.8) is 0 Å². The number of benzene rings is 1. The number of aliphatic hydroxyl groups is 1. The van der Waals surface area contributed by atoms with E-state index >= 15 is 0 Å². The summed E-state index contributed by atoms with van der Waals surface area (Å²) in [5, 5.41) is 10.00. The maximum Gasteiger partial charge on any atom is 0.231 e. The molecular weight excluding hydrogens is 208 g/mol. The van der Waals surface area contributed by atoms with E-state index in [1.807, 2.05) is 13.8 Å². The molecule has 0 fully saturated rings. The lowest BCUT2D eigenvalue weighted by molar-refractivity contribution is 0.126. The predicted octanol–water partition coefficient (Wildman–Crippen LogP) is 2.11. The van der Waals surface area contributed by atoms with Gasteiger partial charge < -0.3 is 19.3 Å². The minimum absolute atomic E-state index is 0.144. The molecule has 0 radical (unpaired) electrons. The highest BCUT2D eigenvalue weighted by Crippen LogP contribution is 2.43. The highest BCUT2D eigenvalue weighted by molar-refractivity contribution is 5.55. The second-order valence-corrected chi connectivity index (χ2v) is 4.15. The van der Waals surface area contributed by atoms with Gasteiger partial charge in [-0.15, -0.1) is 0 Å². The van der Waals surface area contributed by atoms with Crippen LogP contribution in [-0.4, -0.2) is 19.0 Å². The van der Waals surface area contributed by atoms with E-state index in [2.05, 4.69) is 0 Å². The zero-order valence-electron chi connectivity index (χ0n) is 9.69. The summed E-state index contributed by atoms with van der Waals surface area (Å²) in [6.45, 7) is 4.12. The number of methoxy groups -OCH3 is 1. The van der Waals surface area contributed by atoms with Gasteiger partial charge in [0, 0.05) is 0 Å². The Bertz CT molecular complexity index is 387. The summed E-state index contributed by atoms with van der Waals surface area (Å²) in [5.74, 6) is 1.99. The van der Waals surface area contributed by atoms with Crippen molar-refractivity contribution in [1.29, 1.82) is 0 Å². The Hall–Kier alpha value is -1.42. The Morgan fingerprint density at radius 2 is 2.06 bits per heavy atom. The fourth-order valence-corrected chi connectivity index (χ4v) is 1.71. The fraction of sp³-hybridized carbons (Fsp3) is 0.500. The monoisotopic (exact) mass is 224 g/mol. The van der Waals surface area contributed by atoms with Gasteiger partial charge in [-0.1, -0.05) is 13.8 Å². The first-order valence-corrected chi connectivity index (χ1v) is 5.29. The van der Waals surface area contributed by atoms with Gasteiger partial charge in [0.25, 0.3) is 0 Å². The number of hydrogen-bond donors (Lipinski definition) is 1. The minimum atomic E-state index is -0.525. The third kappa shape index (κ3) is 1.80. The van der Waals surface area contributed by atoms with Crippen molar-refractivity contribution in [3.8, 4) is 17.2 Å². The normalized spacial score (nSPS) is 15.3. The third-order valence-electron chi connectivity index (χ3n) is 2.65. The molecule has 0 aliphatic carbocycles. The van der Waals surface area contributed by atoms with Crippen LogP contribution in [-0.2, 0) is 0 Å². The molecule has 1 N–H and O–H groups in total. The summed E-state index contributed by atoms with van der Waals surface area (Å²) in [5.41, 5.74) is 0.788. The van der Waals surface area contributed by atoms with Gasteiger partial charge in [-0.2, -0.15) is 0 Å². The zero-order valence-corrected chi connectivity index (χ0v) is 9.69. The summed E-state index contributed by atoms with van der Waals surface area (Å²) < 4.78 is 15.8. The molecule has 1 aromatic carbocycles. The van der Waals surface area contributed by atoms with E-state index in [1.54, 1.807) is 19.2 Å². The van der Waals surface area contributed by atoms with Crippen LogP contribution in [0.3, 0.4) is 0 Å². The van der Waals surface area contributed by atoms with Crippen LogP contribution in [0.2, 0.25) is 0 Å². The molecule has 2 rings (SSSR count). The molecule has 1 atom stereocenters. The molecule has 0 saturated heterocycles. The van der Waals surface area contributed by atoms with E-state index in [-0.39, 0.29) is 12.7 Å². The molecule has 4 heteroatoms. The predicted molar refractivity (Wildman–Crippen MR) is 58.9 cm³/mol. The van der Waals surface area contributed by atoms with Gasteiger partial charge >= 0.3 is 0 Å². The average Bonchev–Trinajstić information content (AvgIpc) is 2.74. The third-order valence-corrected chi connectivity index (χ3v) is 2.65. The standard InChI is InChI=1S/C12H16O4/c1-7(2)11(13)8-4-9(14-3)12-10(5-8)15-6-16-12/h4-5,7,11,13H,6H2,1-3H3. The van der Waals surface area contributed by atoms with Crippen LogP contribution in [0.15, 0.2) is 12.1 Å². The largest absolute Gasteiger partial charge is 0.493 e. The summed E-state index contributed by atoms with van der Waals surface area (Å²) in [6, 6.07) is 3.59. The highest BCUT2D eigenvalue weighted by Gasteiger charge is 2.23. The SMILES string of the molecule is COc1cc(C(O)C(C)C)cc2c1OCO2. The van der Waals surface area contributed by atoms with Gasteiger partial charge in [0.05, 0.1) is 13.2 Å². The lowest BCUT2D eigenvalue weighted by Gasteiger charge is -2.16. The quantitative estimate of drug-likeness (QED) is 0.854. The van der Waals surface area contributed by atoms with Crippen molar-refractivity contribution >= 4 is 0 Å². The Balaban J connectivity index is 2.41. The van der Waals surface area contributed by atoms with Crippen LogP contribution < -0.4 is 14.2 Å². The molecule has 1 aliphatic heterocycles. The van der Waals surface area contributed by atoms with Crippen molar-refractivity contribution < 1.29 is 19.3 Å². The first-order valence-electron chi connectivity index (χ1n) is 5.29. The van der Waals surface area contributed by atoms with E-state index in [0.29, 0.717) is 17.2 Å². The van der Waals surface area contributed by atoms with E-state index in [1.165, 1.54) is 0 Å².